The Morgan fingerprint density at radius 1 is 1.36 bits per heavy atom. The molecule has 4 heteroatoms. The first-order valence-electron chi connectivity index (χ1n) is 4.24. The largest absolute Gasteiger partial charge is 0.507 e. The van der Waals surface area contributed by atoms with Crippen LogP contribution < -0.4 is 0 Å². The summed E-state index contributed by atoms with van der Waals surface area (Å²) in [7, 11) is -3.28. The van der Waals surface area contributed by atoms with Crippen molar-refractivity contribution in [1.29, 1.82) is 0 Å². The molecule has 0 spiro atoms. The molecule has 0 radical (unpaired) electrons. The SMILES string of the molecule is CCS(=O)(=O)C=C(O)c1ccccc1. The minimum Gasteiger partial charge on any atom is -0.507 e. The van der Waals surface area contributed by atoms with Gasteiger partial charge in [0.05, 0.1) is 11.2 Å². The monoisotopic (exact) mass is 212 g/mol. The maximum absolute atomic E-state index is 11.1. The number of aliphatic hydroxyl groups is 1. The minimum atomic E-state index is -3.28. The average Bonchev–Trinajstić information content (AvgIpc) is 2.19. The highest BCUT2D eigenvalue weighted by atomic mass is 32.2. The van der Waals surface area contributed by atoms with E-state index in [2.05, 4.69) is 0 Å². The Kier molecular flexibility index (Phi) is 3.30. The molecule has 1 aromatic rings. The molecule has 76 valence electrons. The Balaban J connectivity index is 3.03. The molecule has 0 unspecified atom stereocenters. The van der Waals surface area contributed by atoms with E-state index in [4.69, 9.17) is 0 Å². The van der Waals surface area contributed by atoms with Crippen LogP contribution in [0.1, 0.15) is 12.5 Å². The van der Waals surface area contributed by atoms with Crippen molar-refractivity contribution in [3.8, 4) is 0 Å². The molecule has 0 aliphatic carbocycles. The highest BCUT2D eigenvalue weighted by Gasteiger charge is 2.06. The van der Waals surface area contributed by atoms with Gasteiger partial charge in [0.15, 0.2) is 9.84 Å². The summed E-state index contributed by atoms with van der Waals surface area (Å²) in [4.78, 5) is 0. The van der Waals surface area contributed by atoms with Gasteiger partial charge in [0.2, 0.25) is 0 Å². The van der Waals surface area contributed by atoms with Crippen LogP contribution in [0, 0.1) is 0 Å². The predicted molar refractivity (Wildman–Crippen MR) is 56.5 cm³/mol. The van der Waals surface area contributed by atoms with Crippen molar-refractivity contribution in [2.24, 2.45) is 0 Å². The fourth-order valence-electron chi connectivity index (χ4n) is 0.930. The fourth-order valence-corrected chi connectivity index (χ4v) is 1.57. The van der Waals surface area contributed by atoms with Crippen molar-refractivity contribution < 1.29 is 13.5 Å². The lowest BCUT2D eigenvalue weighted by Gasteiger charge is -1.99. The topological polar surface area (TPSA) is 54.4 Å². The maximum atomic E-state index is 11.1. The van der Waals surface area contributed by atoms with E-state index in [9.17, 15) is 13.5 Å². The summed E-state index contributed by atoms with van der Waals surface area (Å²) in [5.41, 5.74) is 0.504. The Morgan fingerprint density at radius 3 is 2.43 bits per heavy atom. The zero-order valence-electron chi connectivity index (χ0n) is 7.84. The Hall–Kier alpha value is -1.29. The van der Waals surface area contributed by atoms with Crippen LogP contribution in [-0.4, -0.2) is 19.3 Å². The molecule has 1 aromatic carbocycles. The Labute approximate surface area is 83.6 Å². The van der Waals surface area contributed by atoms with E-state index < -0.39 is 9.84 Å². The van der Waals surface area contributed by atoms with E-state index in [-0.39, 0.29) is 11.5 Å². The van der Waals surface area contributed by atoms with Gasteiger partial charge in [-0.2, -0.15) is 0 Å². The van der Waals surface area contributed by atoms with Crippen LogP contribution in [0.3, 0.4) is 0 Å². The molecular formula is C10H12O3S. The second-order valence-electron chi connectivity index (χ2n) is 2.82. The van der Waals surface area contributed by atoms with Gasteiger partial charge in [-0.15, -0.1) is 0 Å². The third-order valence-electron chi connectivity index (χ3n) is 1.76. The second-order valence-corrected chi connectivity index (χ2v) is 4.96. The number of sulfone groups is 1. The lowest BCUT2D eigenvalue weighted by molar-refractivity contribution is 0.512. The summed E-state index contributed by atoms with van der Waals surface area (Å²) in [5.74, 6) is -0.225. The van der Waals surface area contributed by atoms with Gasteiger partial charge in [-0.3, -0.25) is 0 Å². The molecule has 0 fully saturated rings. The first-order chi connectivity index (χ1) is 6.55. The quantitative estimate of drug-likeness (QED) is 0.779. The normalized spacial score (nSPS) is 12.8. The lowest BCUT2D eigenvalue weighted by atomic mass is 10.2. The van der Waals surface area contributed by atoms with E-state index in [1.165, 1.54) is 6.92 Å². The first kappa shape index (κ1) is 10.8. The van der Waals surface area contributed by atoms with Crippen LogP contribution in [0.4, 0.5) is 0 Å². The van der Waals surface area contributed by atoms with Gasteiger partial charge in [-0.05, 0) is 0 Å². The average molecular weight is 212 g/mol. The highest BCUT2D eigenvalue weighted by molar-refractivity contribution is 7.94. The van der Waals surface area contributed by atoms with Gasteiger partial charge in [-0.25, -0.2) is 8.42 Å². The van der Waals surface area contributed by atoms with E-state index >= 15 is 0 Å². The lowest BCUT2D eigenvalue weighted by Crippen LogP contribution is -1.99. The summed E-state index contributed by atoms with van der Waals surface area (Å²) in [6.45, 7) is 1.53. The van der Waals surface area contributed by atoms with Crippen LogP contribution in [-0.2, 0) is 9.84 Å². The van der Waals surface area contributed by atoms with Crippen LogP contribution in [0.15, 0.2) is 35.7 Å². The summed E-state index contributed by atoms with van der Waals surface area (Å²) in [6, 6.07) is 8.56. The number of benzene rings is 1. The van der Waals surface area contributed by atoms with Crippen LogP contribution >= 0.6 is 0 Å². The van der Waals surface area contributed by atoms with Crippen LogP contribution in [0.25, 0.3) is 5.76 Å². The number of rotatable bonds is 3. The fraction of sp³-hybridized carbons (Fsp3) is 0.200. The van der Waals surface area contributed by atoms with Gasteiger partial charge < -0.3 is 5.11 Å². The summed E-state index contributed by atoms with van der Waals surface area (Å²) >= 11 is 0. The summed E-state index contributed by atoms with van der Waals surface area (Å²) in [5, 5.41) is 10.4. The van der Waals surface area contributed by atoms with Gasteiger partial charge in [-0.1, -0.05) is 37.3 Å². The highest BCUT2D eigenvalue weighted by Crippen LogP contribution is 2.12. The number of hydrogen-bond acceptors (Lipinski definition) is 3. The smallest absolute Gasteiger partial charge is 0.174 e. The molecule has 0 aliphatic rings. The van der Waals surface area contributed by atoms with Crippen molar-refractivity contribution in [2.45, 2.75) is 6.92 Å². The van der Waals surface area contributed by atoms with Crippen LogP contribution in [0.2, 0.25) is 0 Å². The molecule has 1 N–H and O–H groups in total. The van der Waals surface area contributed by atoms with Crippen molar-refractivity contribution in [3.63, 3.8) is 0 Å². The minimum absolute atomic E-state index is 0.0100. The van der Waals surface area contributed by atoms with Gasteiger partial charge in [0.1, 0.15) is 5.76 Å². The summed E-state index contributed by atoms with van der Waals surface area (Å²) in [6.07, 6.45) is 0. The molecule has 0 saturated carbocycles. The van der Waals surface area contributed by atoms with Gasteiger partial charge in [0.25, 0.3) is 0 Å². The zero-order chi connectivity index (χ0) is 10.6. The van der Waals surface area contributed by atoms with Crippen molar-refractivity contribution in [3.05, 3.63) is 41.3 Å². The molecular weight excluding hydrogens is 200 g/mol. The molecule has 3 nitrogen and oxygen atoms in total. The van der Waals surface area contributed by atoms with Crippen LogP contribution in [0.5, 0.6) is 0 Å². The predicted octanol–water partition coefficient (Wildman–Crippen LogP) is 1.98. The molecule has 0 heterocycles. The maximum Gasteiger partial charge on any atom is 0.174 e. The first-order valence-corrected chi connectivity index (χ1v) is 5.95. The second kappa shape index (κ2) is 4.28. The summed E-state index contributed by atoms with van der Waals surface area (Å²) < 4.78 is 22.3. The molecule has 0 amide bonds. The molecule has 14 heavy (non-hydrogen) atoms. The molecule has 0 bridgehead atoms. The van der Waals surface area contributed by atoms with Crippen molar-refractivity contribution >= 4 is 15.6 Å². The van der Waals surface area contributed by atoms with E-state index in [0.717, 1.165) is 5.41 Å². The van der Waals surface area contributed by atoms with Crippen molar-refractivity contribution in [2.75, 3.05) is 5.75 Å². The van der Waals surface area contributed by atoms with Gasteiger partial charge in [0, 0.05) is 5.56 Å². The van der Waals surface area contributed by atoms with E-state index in [1.54, 1.807) is 30.3 Å². The van der Waals surface area contributed by atoms with Gasteiger partial charge >= 0.3 is 0 Å². The third-order valence-corrected chi connectivity index (χ3v) is 3.15. The number of hydrogen-bond donors (Lipinski definition) is 1. The van der Waals surface area contributed by atoms with E-state index in [0.29, 0.717) is 5.56 Å². The Morgan fingerprint density at radius 2 is 1.93 bits per heavy atom. The zero-order valence-corrected chi connectivity index (χ0v) is 8.66. The molecule has 0 aromatic heterocycles. The number of aliphatic hydroxyl groups excluding tert-OH is 1. The van der Waals surface area contributed by atoms with E-state index in [1.807, 2.05) is 0 Å². The third kappa shape index (κ3) is 2.88. The molecule has 0 saturated heterocycles. The molecule has 1 rings (SSSR count). The van der Waals surface area contributed by atoms with Crippen molar-refractivity contribution in [1.82, 2.24) is 0 Å². The Bertz CT molecular complexity index is 418. The molecule has 0 atom stereocenters. The standard InChI is InChI=1S/C10H12O3S/c1-2-14(12,13)8-10(11)9-6-4-3-5-7-9/h3-8,11H,2H2,1H3. The molecule has 0 aliphatic heterocycles.